The number of aryl methyl sites for hydroxylation is 1. The van der Waals surface area contributed by atoms with Gasteiger partial charge < -0.3 is 5.32 Å². The van der Waals surface area contributed by atoms with Crippen LogP contribution in [0.25, 0.3) is 0 Å². The number of aromatic nitrogens is 2. The molecule has 1 aromatic heterocycles. The Bertz CT molecular complexity index is 311. The lowest BCUT2D eigenvalue weighted by molar-refractivity contribution is 0.389. The molecule has 17 heavy (non-hydrogen) atoms. The summed E-state index contributed by atoms with van der Waals surface area (Å²) in [5, 5.41) is 8.00. The van der Waals surface area contributed by atoms with Gasteiger partial charge in [0.05, 0.1) is 6.20 Å². The second-order valence-electron chi connectivity index (χ2n) is 5.13. The van der Waals surface area contributed by atoms with E-state index in [1.54, 1.807) is 0 Å². The third kappa shape index (κ3) is 4.15. The van der Waals surface area contributed by atoms with Crippen LogP contribution in [0, 0.1) is 0 Å². The molecule has 96 valence electrons. The molecule has 1 aliphatic carbocycles. The van der Waals surface area contributed by atoms with Gasteiger partial charge in [0, 0.05) is 30.9 Å². The van der Waals surface area contributed by atoms with Crippen LogP contribution in [0.15, 0.2) is 12.4 Å². The van der Waals surface area contributed by atoms with Gasteiger partial charge in [0.25, 0.3) is 0 Å². The van der Waals surface area contributed by atoms with Gasteiger partial charge in [-0.3, -0.25) is 4.68 Å². The van der Waals surface area contributed by atoms with E-state index in [0.717, 1.165) is 19.1 Å². The number of hydrogen-bond acceptors (Lipinski definition) is 2. The van der Waals surface area contributed by atoms with E-state index < -0.39 is 0 Å². The highest BCUT2D eigenvalue weighted by atomic mass is 15.3. The molecule has 2 rings (SSSR count). The average molecular weight is 235 g/mol. The number of hydrogen-bond donors (Lipinski definition) is 1. The average Bonchev–Trinajstić information content (AvgIpc) is 2.75. The molecule has 3 heteroatoms. The standard InChI is InChI=1S/C14H25N3/c1-2-17-12-13(11-16-17)10-15-14-8-6-4-3-5-7-9-14/h11-12,14-15H,2-10H2,1H3. The molecule has 0 aliphatic heterocycles. The molecule has 1 heterocycles. The van der Waals surface area contributed by atoms with Crippen LogP contribution in [0.5, 0.6) is 0 Å². The van der Waals surface area contributed by atoms with Gasteiger partial charge in [0.2, 0.25) is 0 Å². The van der Waals surface area contributed by atoms with Gasteiger partial charge in [-0.25, -0.2) is 0 Å². The first-order chi connectivity index (χ1) is 8.38. The molecule has 0 amide bonds. The van der Waals surface area contributed by atoms with Crippen molar-refractivity contribution in [1.82, 2.24) is 15.1 Å². The van der Waals surface area contributed by atoms with E-state index in [1.165, 1.54) is 50.5 Å². The summed E-state index contributed by atoms with van der Waals surface area (Å²) in [4.78, 5) is 0. The Morgan fingerprint density at radius 3 is 2.59 bits per heavy atom. The summed E-state index contributed by atoms with van der Waals surface area (Å²) in [6.45, 7) is 4.06. The molecule has 0 spiro atoms. The highest BCUT2D eigenvalue weighted by Gasteiger charge is 2.10. The van der Waals surface area contributed by atoms with Crippen LogP contribution >= 0.6 is 0 Å². The summed E-state index contributed by atoms with van der Waals surface area (Å²) in [5.41, 5.74) is 1.31. The molecular formula is C14H25N3. The Balaban J connectivity index is 1.75. The number of rotatable bonds is 4. The molecule has 0 radical (unpaired) electrons. The van der Waals surface area contributed by atoms with E-state index in [0.29, 0.717) is 0 Å². The molecule has 1 aliphatic rings. The number of nitrogens with zero attached hydrogens (tertiary/aromatic N) is 2. The van der Waals surface area contributed by atoms with Gasteiger partial charge in [-0.1, -0.05) is 32.1 Å². The van der Waals surface area contributed by atoms with Gasteiger partial charge in [-0.15, -0.1) is 0 Å². The summed E-state index contributed by atoms with van der Waals surface area (Å²) in [5.74, 6) is 0. The summed E-state index contributed by atoms with van der Waals surface area (Å²) in [6, 6.07) is 0.722. The molecule has 1 aromatic rings. The Labute approximate surface area is 105 Å². The summed E-state index contributed by atoms with van der Waals surface area (Å²) in [7, 11) is 0. The lowest BCUT2D eigenvalue weighted by Crippen LogP contribution is -2.29. The minimum atomic E-state index is 0.722. The maximum absolute atomic E-state index is 4.31. The second kappa shape index (κ2) is 6.80. The summed E-state index contributed by atoms with van der Waals surface area (Å²) >= 11 is 0. The smallest absolute Gasteiger partial charge is 0.0534 e. The van der Waals surface area contributed by atoms with Crippen LogP contribution < -0.4 is 5.32 Å². The van der Waals surface area contributed by atoms with Crippen molar-refractivity contribution in [2.45, 2.75) is 71.0 Å². The molecule has 1 N–H and O–H groups in total. The molecule has 1 fully saturated rings. The largest absolute Gasteiger partial charge is 0.310 e. The predicted octanol–water partition coefficient (Wildman–Crippen LogP) is 3.11. The van der Waals surface area contributed by atoms with Crippen molar-refractivity contribution in [1.29, 1.82) is 0 Å². The van der Waals surface area contributed by atoms with Crippen LogP contribution in [-0.2, 0) is 13.1 Å². The first kappa shape index (κ1) is 12.6. The summed E-state index contributed by atoms with van der Waals surface area (Å²) < 4.78 is 2.00. The fourth-order valence-electron chi connectivity index (χ4n) is 2.59. The van der Waals surface area contributed by atoms with Crippen molar-refractivity contribution in [3.8, 4) is 0 Å². The Morgan fingerprint density at radius 2 is 1.94 bits per heavy atom. The van der Waals surface area contributed by atoms with Gasteiger partial charge >= 0.3 is 0 Å². The zero-order valence-corrected chi connectivity index (χ0v) is 11.0. The van der Waals surface area contributed by atoms with Crippen molar-refractivity contribution in [3.63, 3.8) is 0 Å². The van der Waals surface area contributed by atoms with Gasteiger partial charge in [-0.2, -0.15) is 5.10 Å². The monoisotopic (exact) mass is 235 g/mol. The molecule has 0 atom stereocenters. The number of nitrogens with one attached hydrogen (secondary N) is 1. The first-order valence-electron chi connectivity index (χ1n) is 7.13. The van der Waals surface area contributed by atoms with Gasteiger partial charge in [0.1, 0.15) is 0 Å². The second-order valence-corrected chi connectivity index (χ2v) is 5.13. The molecule has 3 nitrogen and oxygen atoms in total. The zero-order chi connectivity index (χ0) is 11.9. The third-order valence-corrected chi connectivity index (χ3v) is 3.71. The van der Waals surface area contributed by atoms with E-state index in [-0.39, 0.29) is 0 Å². The lowest BCUT2D eigenvalue weighted by Gasteiger charge is -2.20. The predicted molar refractivity (Wildman–Crippen MR) is 70.8 cm³/mol. The van der Waals surface area contributed by atoms with Gasteiger partial charge in [-0.05, 0) is 19.8 Å². The Hall–Kier alpha value is -0.830. The van der Waals surface area contributed by atoms with Crippen LogP contribution in [0.3, 0.4) is 0 Å². The van der Waals surface area contributed by atoms with E-state index in [9.17, 15) is 0 Å². The minimum absolute atomic E-state index is 0.722. The van der Waals surface area contributed by atoms with Crippen LogP contribution in [0.2, 0.25) is 0 Å². The minimum Gasteiger partial charge on any atom is -0.310 e. The SMILES string of the molecule is CCn1cc(CNC2CCCCCCC2)cn1. The molecule has 0 aromatic carbocycles. The maximum atomic E-state index is 4.31. The van der Waals surface area contributed by atoms with Crippen molar-refractivity contribution < 1.29 is 0 Å². The Kier molecular flexibility index (Phi) is 5.05. The van der Waals surface area contributed by atoms with E-state index in [2.05, 4.69) is 23.5 Å². The van der Waals surface area contributed by atoms with Crippen LogP contribution in [0.4, 0.5) is 0 Å². The van der Waals surface area contributed by atoms with Crippen molar-refractivity contribution in [2.75, 3.05) is 0 Å². The molecule has 0 bridgehead atoms. The van der Waals surface area contributed by atoms with E-state index in [4.69, 9.17) is 0 Å². The van der Waals surface area contributed by atoms with E-state index >= 15 is 0 Å². The quantitative estimate of drug-likeness (QED) is 0.869. The van der Waals surface area contributed by atoms with Crippen LogP contribution in [-0.4, -0.2) is 15.8 Å². The van der Waals surface area contributed by atoms with E-state index in [1.807, 2.05) is 10.9 Å². The first-order valence-corrected chi connectivity index (χ1v) is 7.13. The normalized spacial score (nSPS) is 18.9. The van der Waals surface area contributed by atoms with Crippen molar-refractivity contribution >= 4 is 0 Å². The molecule has 0 unspecified atom stereocenters. The topological polar surface area (TPSA) is 29.9 Å². The van der Waals surface area contributed by atoms with Crippen molar-refractivity contribution in [3.05, 3.63) is 18.0 Å². The Morgan fingerprint density at radius 1 is 1.24 bits per heavy atom. The van der Waals surface area contributed by atoms with Crippen molar-refractivity contribution in [2.24, 2.45) is 0 Å². The highest BCUT2D eigenvalue weighted by Crippen LogP contribution is 2.17. The molecule has 0 saturated heterocycles. The molecule has 1 saturated carbocycles. The third-order valence-electron chi connectivity index (χ3n) is 3.71. The fraction of sp³-hybridized carbons (Fsp3) is 0.786. The summed E-state index contributed by atoms with van der Waals surface area (Å²) in [6.07, 6.45) is 13.9. The maximum Gasteiger partial charge on any atom is 0.0534 e. The lowest BCUT2D eigenvalue weighted by atomic mass is 9.97. The van der Waals surface area contributed by atoms with Crippen LogP contribution in [0.1, 0.15) is 57.4 Å². The zero-order valence-electron chi connectivity index (χ0n) is 11.0. The fourth-order valence-corrected chi connectivity index (χ4v) is 2.59. The highest BCUT2D eigenvalue weighted by molar-refractivity contribution is 5.03. The molecular weight excluding hydrogens is 210 g/mol. The van der Waals surface area contributed by atoms with Gasteiger partial charge in [0.15, 0.2) is 0 Å².